The SMILES string of the molecule is CCCCOC(=O)c1cccc(Cl)c1C(=O)OC(C)(C)C. The zero-order valence-electron chi connectivity index (χ0n) is 12.9. The molecule has 1 aromatic rings. The van der Waals surface area contributed by atoms with Gasteiger partial charge in [0.2, 0.25) is 0 Å². The fourth-order valence-corrected chi connectivity index (χ4v) is 1.87. The average Bonchev–Trinajstić information content (AvgIpc) is 2.36. The summed E-state index contributed by atoms with van der Waals surface area (Å²) in [6, 6.07) is 4.66. The van der Waals surface area contributed by atoms with Gasteiger partial charge in [-0.1, -0.05) is 31.0 Å². The van der Waals surface area contributed by atoms with Crippen LogP contribution >= 0.6 is 11.6 Å². The van der Waals surface area contributed by atoms with Crippen LogP contribution in [0.5, 0.6) is 0 Å². The molecular formula is C16H21ClO4. The highest BCUT2D eigenvalue weighted by atomic mass is 35.5. The minimum atomic E-state index is -0.667. The fraction of sp³-hybridized carbons (Fsp3) is 0.500. The Hall–Kier alpha value is -1.55. The van der Waals surface area contributed by atoms with Gasteiger partial charge in [0.05, 0.1) is 22.8 Å². The predicted octanol–water partition coefficient (Wildman–Crippen LogP) is 4.25. The van der Waals surface area contributed by atoms with E-state index in [0.717, 1.165) is 12.8 Å². The van der Waals surface area contributed by atoms with Gasteiger partial charge in [-0.15, -0.1) is 0 Å². The second kappa shape index (κ2) is 7.46. The van der Waals surface area contributed by atoms with Crippen molar-refractivity contribution in [2.45, 2.75) is 46.1 Å². The van der Waals surface area contributed by atoms with Crippen LogP contribution < -0.4 is 0 Å². The fourth-order valence-electron chi connectivity index (χ4n) is 1.62. The van der Waals surface area contributed by atoms with Gasteiger partial charge in [0, 0.05) is 0 Å². The summed E-state index contributed by atoms with van der Waals surface area (Å²) in [7, 11) is 0. The van der Waals surface area contributed by atoms with E-state index >= 15 is 0 Å². The van der Waals surface area contributed by atoms with Crippen LogP contribution in [0.15, 0.2) is 18.2 Å². The lowest BCUT2D eigenvalue weighted by atomic mass is 10.1. The molecule has 0 aliphatic rings. The van der Waals surface area contributed by atoms with E-state index in [9.17, 15) is 9.59 Å². The molecule has 0 amide bonds. The number of hydrogen-bond donors (Lipinski definition) is 0. The predicted molar refractivity (Wildman–Crippen MR) is 81.8 cm³/mol. The number of carbonyl (C=O) groups excluding carboxylic acids is 2. The molecular weight excluding hydrogens is 292 g/mol. The Bertz CT molecular complexity index is 517. The molecule has 0 saturated carbocycles. The van der Waals surface area contributed by atoms with Crippen molar-refractivity contribution in [1.82, 2.24) is 0 Å². The summed E-state index contributed by atoms with van der Waals surface area (Å²) in [5.74, 6) is -1.19. The Kier molecular flexibility index (Phi) is 6.21. The standard InChI is InChI=1S/C16H21ClO4/c1-5-6-10-20-14(18)11-8-7-9-12(17)13(11)15(19)21-16(2,3)4/h7-9H,5-6,10H2,1-4H3. The number of carbonyl (C=O) groups is 2. The number of hydrogen-bond acceptors (Lipinski definition) is 4. The average molecular weight is 313 g/mol. The lowest BCUT2D eigenvalue weighted by Crippen LogP contribution is -2.25. The van der Waals surface area contributed by atoms with Crippen molar-refractivity contribution in [3.8, 4) is 0 Å². The largest absolute Gasteiger partial charge is 0.462 e. The number of benzene rings is 1. The van der Waals surface area contributed by atoms with Gasteiger partial charge in [0.25, 0.3) is 0 Å². The summed E-state index contributed by atoms with van der Waals surface area (Å²) in [6.07, 6.45) is 1.69. The normalized spacial score (nSPS) is 11.1. The minimum absolute atomic E-state index is 0.0515. The van der Waals surface area contributed by atoms with Crippen molar-refractivity contribution in [3.05, 3.63) is 34.3 Å². The van der Waals surface area contributed by atoms with E-state index in [0.29, 0.717) is 6.61 Å². The highest BCUT2D eigenvalue weighted by Crippen LogP contribution is 2.24. The Morgan fingerprint density at radius 2 is 1.86 bits per heavy atom. The smallest absolute Gasteiger partial charge is 0.341 e. The Morgan fingerprint density at radius 3 is 2.43 bits per heavy atom. The van der Waals surface area contributed by atoms with Crippen LogP contribution in [-0.2, 0) is 9.47 Å². The number of halogens is 1. The molecule has 0 N–H and O–H groups in total. The molecule has 0 aliphatic carbocycles. The molecule has 1 rings (SSSR count). The molecule has 0 radical (unpaired) electrons. The third kappa shape index (κ3) is 5.38. The van der Waals surface area contributed by atoms with Crippen LogP contribution in [0.3, 0.4) is 0 Å². The van der Waals surface area contributed by atoms with Crippen molar-refractivity contribution in [2.24, 2.45) is 0 Å². The molecule has 0 heterocycles. The minimum Gasteiger partial charge on any atom is -0.462 e. The van der Waals surface area contributed by atoms with Crippen molar-refractivity contribution in [3.63, 3.8) is 0 Å². The number of rotatable bonds is 5. The van der Waals surface area contributed by atoms with E-state index < -0.39 is 17.5 Å². The van der Waals surface area contributed by atoms with E-state index in [2.05, 4.69) is 0 Å². The van der Waals surface area contributed by atoms with Gasteiger partial charge < -0.3 is 9.47 Å². The molecule has 0 aliphatic heterocycles. The molecule has 0 saturated heterocycles. The van der Waals surface area contributed by atoms with E-state index in [1.165, 1.54) is 6.07 Å². The first-order chi connectivity index (χ1) is 9.76. The first-order valence-electron chi connectivity index (χ1n) is 6.95. The number of ether oxygens (including phenoxy) is 2. The van der Waals surface area contributed by atoms with Crippen molar-refractivity contribution in [1.29, 1.82) is 0 Å². The summed E-state index contributed by atoms with van der Waals surface area (Å²) in [5.41, 5.74) is -0.483. The summed E-state index contributed by atoms with van der Waals surface area (Å²) >= 11 is 6.05. The molecule has 5 heteroatoms. The topological polar surface area (TPSA) is 52.6 Å². The van der Waals surface area contributed by atoms with Gasteiger partial charge in [-0.25, -0.2) is 9.59 Å². The zero-order chi connectivity index (χ0) is 16.0. The third-order valence-electron chi connectivity index (χ3n) is 2.57. The van der Waals surface area contributed by atoms with E-state index in [-0.39, 0.29) is 16.1 Å². The quantitative estimate of drug-likeness (QED) is 0.602. The summed E-state index contributed by atoms with van der Waals surface area (Å²) in [5, 5.41) is 0.175. The van der Waals surface area contributed by atoms with Gasteiger partial charge in [0.1, 0.15) is 5.60 Å². The van der Waals surface area contributed by atoms with Crippen LogP contribution in [0.2, 0.25) is 5.02 Å². The Labute approximate surface area is 130 Å². The van der Waals surface area contributed by atoms with Gasteiger partial charge in [0.15, 0.2) is 0 Å². The monoisotopic (exact) mass is 312 g/mol. The van der Waals surface area contributed by atoms with Crippen molar-refractivity contribution >= 4 is 23.5 Å². The molecule has 0 bridgehead atoms. The summed E-state index contributed by atoms with van der Waals surface area (Å²) in [6.45, 7) is 7.57. The van der Waals surface area contributed by atoms with E-state index in [4.69, 9.17) is 21.1 Å². The second-order valence-corrected chi connectivity index (χ2v) is 6.06. The number of esters is 2. The van der Waals surface area contributed by atoms with Gasteiger partial charge >= 0.3 is 11.9 Å². The highest BCUT2D eigenvalue weighted by Gasteiger charge is 2.26. The number of unbranched alkanes of at least 4 members (excludes halogenated alkanes) is 1. The van der Waals surface area contributed by atoms with Crippen LogP contribution in [0.4, 0.5) is 0 Å². The van der Waals surface area contributed by atoms with Crippen LogP contribution in [0.25, 0.3) is 0 Å². The molecule has 0 fully saturated rings. The van der Waals surface area contributed by atoms with Gasteiger partial charge in [-0.3, -0.25) is 0 Å². The first kappa shape index (κ1) is 17.5. The lowest BCUT2D eigenvalue weighted by molar-refractivity contribution is 0.00643. The van der Waals surface area contributed by atoms with Crippen molar-refractivity contribution in [2.75, 3.05) is 6.61 Å². The molecule has 1 aromatic carbocycles. The van der Waals surface area contributed by atoms with Crippen LogP contribution in [-0.4, -0.2) is 24.1 Å². The molecule has 0 spiro atoms. The Morgan fingerprint density at radius 1 is 1.19 bits per heavy atom. The Balaban J connectivity index is 3.03. The lowest BCUT2D eigenvalue weighted by Gasteiger charge is -2.20. The summed E-state index contributed by atoms with van der Waals surface area (Å²) in [4.78, 5) is 24.3. The van der Waals surface area contributed by atoms with Crippen LogP contribution in [0, 0.1) is 0 Å². The maximum atomic E-state index is 12.2. The summed E-state index contributed by atoms with van der Waals surface area (Å²) < 4.78 is 10.4. The molecule has 4 nitrogen and oxygen atoms in total. The molecule has 21 heavy (non-hydrogen) atoms. The molecule has 0 unspecified atom stereocenters. The van der Waals surface area contributed by atoms with Gasteiger partial charge in [-0.2, -0.15) is 0 Å². The maximum Gasteiger partial charge on any atom is 0.341 e. The first-order valence-corrected chi connectivity index (χ1v) is 7.33. The highest BCUT2D eigenvalue weighted by molar-refractivity contribution is 6.34. The molecule has 0 atom stereocenters. The van der Waals surface area contributed by atoms with Gasteiger partial charge in [-0.05, 0) is 39.3 Å². The second-order valence-electron chi connectivity index (χ2n) is 5.65. The molecule has 0 aromatic heterocycles. The van der Waals surface area contributed by atoms with Crippen LogP contribution in [0.1, 0.15) is 61.3 Å². The third-order valence-corrected chi connectivity index (χ3v) is 2.88. The zero-order valence-corrected chi connectivity index (χ0v) is 13.6. The molecule has 116 valence electrons. The van der Waals surface area contributed by atoms with E-state index in [1.54, 1.807) is 32.9 Å². The van der Waals surface area contributed by atoms with E-state index in [1.807, 2.05) is 6.92 Å². The van der Waals surface area contributed by atoms with Crippen molar-refractivity contribution < 1.29 is 19.1 Å². The maximum absolute atomic E-state index is 12.2.